The molecule has 1 atom stereocenters. The first kappa shape index (κ1) is 7.43. The molecule has 8 heavy (non-hydrogen) atoms. The Morgan fingerprint density at radius 1 is 1.88 bits per heavy atom. The lowest BCUT2D eigenvalue weighted by atomic mass is 10.2. The Labute approximate surface area is 48.5 Å². The Morgan fingerprint density at radius 3 is 2.50 bits per heavy atom. The van der Waals surface area contributed by atoms with Gasteiger partial charge in [-0.05, 0) is 13.3 Å². The third-order valence-electron chi connectivity index (χ3n) is 0.724. The molecule has 0 spiro atoms. The highest BCUT2D eigenvalue weighted by Gasteiger charge is 1.97. The number of carbonyl (C=O) groups excluding carboxylic acids is 1. The second-order valence-electron chi connectivity index (χ2n) is 1.66. The molecule has 0 fully saturated rings. The standard InChI is InChI=1S/C5H10NO2/c1-4(7)2-3-5(6)8/h4,7H,1-3H2,(H2,6,8). The molecule has 0 aromatic carbocycles. The smallest absolute Gasteiger partial charge is 0.217 e. The molecule has 0 aliphatic heterocycles. The maximum absolute atomic E-state index is 9.99. The number of amides is 1. The topological polar surface area (TPSA) is 63.3 Å². The van der Waals surface area contributed by atoms with E-state index in [1.165, 1.54) is 0 Å². The van der Waals surface area contributed by atoms with E-state index in [-0.39, 0.29) is 6.42 Å². The van der Waals surface area contributed by atoms with Gasteiger partial charge < -0.3 is 10.8 Å². The van der Waals surface area contributed by atoms with Crippen molar-refractivity contribution >= 4 is 5.91 Å². The van der Waals surface area contributed by atoms with Gasteiger partial charge in [0.2, 0.25) is 5.91 Å². The molecule has 0 bridgehead atoms. The summed E-state index contributed by atoms with van der Waals surface area (Å²) >= 11 is 0. The van der Waals surface area contributed by atoms with E-state index in [9.17, 15) is 4.79 Å². The fourth-order valence-corrected chi connectivity index (χ4v) is 0.309. The van der Waals surface area contributed by atoms with Crippen LogP contribution in [0.3, 0.4) is 0 Å². The zero-order chi connectivity index (χ0) is 6.57. The van der Waals surface area contributed by atoms with Gasteiger partial charge in [0.15, 0.2) is 0 Å². The molecule has 0 saturated heterocycles. The summed E-state index contributed by atoms with van der Waals surface area (Å²) in [5, 5.41) is 8.48. The van der Waals surface area contributed by atoms with Crippen molar-refractivity contribution in [1.82, 2.24) is 0 Å². The van der Waals surface area contributed by atoms with Crippen LogP contribution in [-0.2, 0) is 4.79 Å². The lowest BCUT2D eigenvalue weighted by Gasteiger charge is -1.97. The van der Waals surface area contributed by atoms with Crippen LogP contribution in [-0.4, -0.2) is 17.1 Å². The van der Waals surface area contributed by atoms with E-state index in [1.807, 2.05) is 0 Å². The van der Waals surface area contributed by atoms with Crippen LogP contribution >= 0.6 is 0 Å². The molecule has 0 aromatic heterocycles. The average molecular weight is 116 g/mol. The number of carbonyl (C=O) groups is 1. The molecule has 0 saturated carbocycles. The van der Waals surface area contributed by atoms with E-state index in [2.05, 4.69) is 6.92 Å². The van der Waals surface area contributed by atoms with Crippen molar-refractivity contribution in [2.75, 3.05) is 0 Å². The van der Waals surface area contributed by atoms with Gasteiger partial charge in [-0.15, -0.1) is 0 Å². The normalized spacial score (nSPS) is 13.2. The Kier molecular flexibility index (Phi) is 3.19. The summed E-state index contributed by atoms with van der Waals surface area (Å²) in [4.78, 5) is 9.99. The summed E-state index contributed by atoms with van der Waals surface area (Å²) in [6.07, 6.45) is -0.0949. The predicted molar refractivity (Wildman–Crippen MR) is 29.8 cm³/mol. The van der Waals surface area contributed by atoms with Crippen molar-refractivity contribution < 1.29 is 9.90 Å². The molecule has 0 heterocycles. The van der Waals surface area contributed by atoms with Crippen molar-refractivity contribution in [2.45, 2.75) is 18.9 Å². The van der Waals surface area contributed by atoms with Crippen molar-refractivity contribution in [3.05, 3.63) is 6.92 Å². The molecule has 3 heteroatoms. The summed E-state index contributed by atoms with van der Waals surface area (Å²) in [5.74, 6) is -0.396. The van der Waals surface area contributed by atoms with E-state index in [0.29, 0.717) is 6.42 Å². The summed E-state index contributed by atoms with van der Waals surface area (Å²) < 4.78 is 0. The number of aliphatic hydroxyl groups is 1. The summed E-state index contributed by atoms with van der Waals surface area (Å²) in [6, 6.07) is 0. The second kappa shape index (κ2) is 3.43. The largest absolute Gasteiger partial charge is 0.393 e. The lowest BCUT2D eigenvalue weighted by Crippen LogP contribution is -2.13. The van der Waals surface area contributed by atoms with Crippen LogP contribution in [0.4, 0.5) is 0 Å². The Morgan fingerprint density at radius 2 is 2.38 bits per heavy atom. The van der Waals surface area contributed by atoms with Gasteiger partial charge in [0.1, 0.15) is 0 Å². The summed E-state index contributed by atoms with van der Waals surface area (Å²) in [5.41, 5.74) is 4.76. The van der Waals surface area contributed by atoms with Crippen LogP contribution in [0.25, 0.3) is 0 Å². The van der Waals surface area contributed by atoms with Crippen molar-refractivity contribution in [3.8, 4) is 0 Å². The van der Waals surface area contributed by atoms with Crippen LogP contribution in [0.5, 0.6) is 0 Å². The van der Waals surface area contributed by atoms with Crippen LogP contribution in [0.2, 0.25) is 0 Å². The maximum Gasteiger partial charge on any atom is 0.217 e. The van der Waals surface area contributed by atoms with Crippen LogP contribution in [0.15, 0.2) is 0 Å². The Hall–Kier alpha value is -0.570. The van der Waals surface area contributed by atoms with Gasteiger partial charge >= 0.3 is 0 Å². The SMILES string of the molecule is [CH2]C(O)CCC(N)=O. The summed E-state index contributed by atoms with van der Waals surface area (Å²) in [6.45, 7) is 3.26. The highest BCUT2D eigenvalue weighted by molar-refractivity contribution is 5.73. The third kappa shape index (κ3) is 5.43. The lowest BCUT2D eigenvalue weighted by molar-refractivity contribution is -0.118. The van der Waals surface area contributed by atoms with Gasteiger partial charge in [-0.2, -0.15) is 0 Å². The highest BCUT2D eigenvalue weighted by Crippen LogP contribution is 1.92. The number of hydrogen-bond acceptors (Lipinski definition) is 2. The van der Waals surface area contributed by atoms with Gasteiger partial charge in [0.05, 0.1) is 6.10 Å². The van der Waals surface area contributed by atoms with Gasteiger partial charge in [0.25, 0.3) is 0 Å². The summed E-state index contributed by atoms with van der Waals surface area (Å²) in [7, 11) is 0. The van der Waals surface area contributed by atoms with E-state index in [0.717, 1.165) is 0 Å². The van der Waals surface area contributed by atoms with E-state index >= 15 is 0 Å². The van der Waals surface area contributed by atoms with Crippen molar-refractivity contribution in [1.29, 1.82) is 0 Å². The molecule has 3 nitrogen and oxygen atoms in total. The minimum Gasteiger partial charge on any atom is -0.393 e. The molecule has 47 valence electrons. The minimum atomic E-state index is -0.664. The second-order valence-corrected chi connectivity index (χ2v) is 1.66. The average Bonchev–Trinajstić information content (AvgIpc) is 1.61. The highest BCUT2D eigenvalue weighted by atomic mass is 16.3. The molecule has 0 aromatic rings. The first-order valence-electron chi connectivity index (χ1n) is 2.42. The first-order chi connectivity index (χ1) is 3.63. The molecule has 1 radical (unpaired) electrons. The molecule has 0 rings (SSSR count). The predicted octanol–water partition coefficient (Wildman–Crippen LogP) is -0.553. The molecular weight excluding hydrogens is 106 g/mol. The Balaban J connectivity index is 3.05. The van der Waals surface area contributed by atoms with Crippen molar-refractivity contribution in [2.24, 2.45) is 5.73 Å². The molecule has 1 unspecified atom stereocenters. The van der Waals surface area contributed by atoms with Gasteiger partial charge in [-0.25, -0.2) is 0 Å². The monoisotopic (exact) mass is 116 g/mol. The molecule has 0 aliphatic rings. The van der Waals surface area contributed by atoms with Gasteiger partial charge in [-0.1, -0.05) is 0 Å². The van der Waals surface area contributed by atoms with E-state index < -0.39 is 12.0 Å². The number of primary amides is 1. The fourth-order valence-electron chi connectivity index (χ4n) is 0.309. The maximum atomic E-state index is 9.99. The van der Waals surface area contributed by atoms with Crippen LogP contribution in [0, 0.1) is 6.92 Å². The number of nitrogens with two attached hydrogens (primary N) is 1. The third-order valence-corrected chi connectivity index (χ3v) is 0.724. The van der Waals surface area contributed by atoms with E-state index in [1.54, 1.807) is 0 Å². The molecule has 3 N–H and O–H groups in total. The van der Waals surface area contributed by atoms with Crippen LogP contribution in [0.1, 0.15) is 12.8 Å². The quantitative estimate of drug-likeness (QED) is 0.519. The number of hydrogen-bond donors (Lipinski definition) is 2. The zero-order valence-electron chi connectivity index (χ0n) is 4.63. The van der Waals surface area contributed by atoms with Crippen molar-refractivity contribution in [3.63, 3.8) is 0 Å². The Bertz CT molecular complexity index is 80.5. The first-order valence-corrected chi connectivity index (χ1v) is 2.42. The van der Waals surface area contributed by atoms with Crippen LogP contribution < -0.4 is 5.73 Å². The minimum absolute atomic E-state index is 0.213. The number of aliphatic hydroxyl groups excluding tert-OH is 1. The molecule has 0 aliphatic carbocycles. The molecule has 1 amide bonds. The molecular formula is C5H10NO2. The van der Waals surface area contributed by atoms with Gasteiger partial charge in [-0.3, -0.25) is 4.79 Å². The fraction of sp³-hybridized carbons (Fsp3) is 0.600. The zero-order valence-corrected chi connectivity index (χ0v) is 4.63. The van der Waals surface area contributed by atoms with Gasteiger partial charge in [0, 0.05) is 6.42 Å². The van der Waals surface area contributed by atoms with E-state index in [4.69, 9.17) is 10.8 Å². The number of rotatable bonds is 3.